The lowest BCUT2D eigenvalue weighted by Gasteiger charge is -2.34. The Morgan fingerprint density at radius 3 is 2.67 bits per heavy atom. The largest absolute Gasteiger partial charge is 0.465 e. The minimum atomic E-state index is -0.318. The fourth-order valence-corrected chi connectivity index (χ4v) is 6.39. The van der Waals surface area contributed by atoms with E-state index in [-0.39, 0.29) is 11.9 Å². The molecule has 1 aromatic heterocycles. The predicted octanol–water partition coefficient (Wildman–Crippen LogP) is 6.24. The summed E-state index contributed by atoms with van der Waals surface area (Å²) in [5.74, 6) is 1.64. The van der Waals surface area contributed by atoms with E-state index in [2.05, 4.69) is 48.1 Å². The van der Waals surface area contributed by atoms with Crippen molar-refractivity contribution >= 4 is 11.9 Å². The van der Waals surface area contributed by atoms with E-state index in [0.29, 0.717) is 35.3 Å². The molecule has 1 amide bonds. The van der Waals surface area contributed by atoms with Crippen LogP contribution in [0.3, 0.4) is 0 Å². The summed E-state index contributed by atoms with van der Waals surface area (Å²) in [5.41, 5.74) is 3.81. The molecule has 3 unspecified atom stereocenters. The van der Waals surface area contributed by atoms with Crippen LogP contribution in [0.25, 0.3) is 5.69 Å². The van der Waals surface area contributed by atoms with Crippen molar-refractivity contribution in [3.05, 3.63) is 47.3 Å². The third kappa shape index (κ3) is 5.23. The number of rotatable bonds is 8. The summed E-state index contributed by atoms with van der Waals surface area (Å²) in [4.78, 5) is 28.2. The van der Waals surface area contributed by atoms with Crippen LogP contribution in [0.4, 0.5) is 0 Å². The molecule has 6 heteroatoms. The van der Waals surface area contributed by atoms with E-state index in [4.69, 9.17) is 4.74 Å². The number of carbonyl (C=O) groups is 2. The molecule has 5 rings (SSSR count). The number of carbonyl (C=O) groups excluding carboxylic acids is 2. The van der Waals surface area contributed by atoms with Crippen molar-refractivity contribution in [3.8, 4) is 5.69 Å². The average Bonchev–Trinajstić information content (AvgIpc) is 3.46. The highest BCUT2D eigenvalue weighted by molar-refractivity contribution is 5.91. The molecule has 1 saturated heterocycles. The van der Waals surface area contributed by atoms with Crippen molar-refractivity contribution in [1.82, 2.24) is 14.7 Å². The highest BCUT2D eigenvalue weighted by atomic mass is 16.5. The van der Waals surface area contributed by atoms with Gasteiger partial charge in [0, 0.05) is 24.4 Å². The van der Waals surface area contributed by atoms with Gasteiger partial charge in [-0.05, 0) is 87.3 Å². The van der Waals surface area contributed by atoms with E-state index >= 15 is 0 Å². The first-order valence-electron chi connectivity index (χ1n) is 14.0. The van der Waals surface area contributed by atoms with Gasteiger partial charge in [-0.15, -0.1) is 0 Å². The van der Waals surface area contributed by atoms with Gasteiger partial charge in [-0.25, -0.2) is 9.48 Å². The number of hydrogen-bond acceptors (Lipinski definition) is 4. The molecular formula is C30H41N3O3. The minimum Gasteiger partial charge on any atom is -0.465 e. The molecule has 1 aromatic carbocycles. The standard InChI is InChI=1S/C30H41N3O3/c1-20(2)12-15-25-11-6-16-32(25)29(34)24-9-4-7-22(17-24)23-8-5-10-26(18-23)33-28(21-13-14-21)27(19-31-33)30(35)36-3/h5,8,10,18-22,24-25H,4,6-7,9,11-17H2,1-3H3. The van der Waals surface area contributed by atoms with Gasteiger partial charge in [0.15, 0.2) is 0 Å². The molecule has 3 fully saturated rings. The van der Waals surface area contributed by atoms with Crippen LogP contribution in [0.15, 0.2) is 30.5 Å². The third-order valence-corrected chi connectivity index (χ3v) is 8.52. The van der Waals surface area contributed by atoms with Gasteiger partial charge in [-0.1, -0.05) is 32.4 Å². The molecule has 2 aromatic rings. The number of hydrogen-bond donors (Lipinski definition) is 0. The van der Waals surface area contributed by atoms with Gasteiger partial charge < -0.3 is 9.64 Å². The number of nitrogens with zero attached hydrogens (tertiary/aromatic N) is 3. The number of esters is 1. The third-order valence-electron chi connectivity index (χ3n) is 8.52. The molecule has 3 aliphatic rings. The molecule has 0 N–H and O–H groups in total. The maximum atomic E-state index is 13.6. The highest BCUT2D eigenvalue weighted by Gasteiger charge is 2.36. The molecule has 0 spiro atoms. The fourth-order valence-electron chi connectivity index (χ4n) is 6.39. The van der Waals surface area contributed by atoms with Gasteiger partial charge in [0.2, 0.25) is 5.91 Å². The Bertz CT molecular complexity index is 1090. The molecule has 0 radical (unpaired) electrons. The maximum absolute atomic E-state index is 13.6. The van der Waals surface area contributed by atoms with Crippen molar-refractivity contribution in [2.24, 2.45) is 11.8 Å². The lowest BCUT2D eigenvalue weighted by molar-refractivity contribution is -0.137. The molecular weight excluding hydrogens is 450 g/mol. The normalized spacial score (nSPS) is 24.3. The number of aromatic nitrogens is 2. The Hall–Kier alpha value is -2.63. The molecule has 2 heterocycles. The summed E-state index contributed by atoms with van der Waals surface area (Å²) in [7, 11) is 1.42. The van der Waals surface area contributed by atoms with Crippen LogP contribution in [0.5, 0.6) is 0 Å². The van der Waals surface area contributed by atoms with Crippen molar-refractivity contribution in [2.75, 3.05) is 13.7 Å². The van der Waals surface area contributed by atoms with E-state index in [9.17, 15) is 9.59 Å². The van der Waals surface area contributed by atoms with Gasteiger partial charge in [-0.3, -0.25) is 4.79 Å². The monoisotopic (exact) mass is 491 g/mol. The molecule has 2 aliphatic carbocycles. The van der Waals surface area contributed by atoms with Gasteiger partial charge >= 0.3 is 5.97 Å². The second kappa shape index (κ2) is 10.8. The number of benzene rings is 1. The van der Waals surface area contributed by atoms with Gasteiger partial charge in [0.25, 0.3) is 0 Å². The molecule has 6 nitrogen and oxygen atoms in total. The SMILES string of the molecule is COC(=O)c1cnn(-c2cccc(C3CCCC(C(=O)N4CCCC4CCC(C)C)C3)c2)c1C1CC1. The Labute approximate surface area is 215 Å². The Balaban J connectivity index is 1.32. The summed E-state index contributed by atoms with van der Waals surface area (Å²) in [6.07, 6.45) is 12.6. The quantitative estimate of drug-likeness (QED) is 0.410. The molecule has 2 saturated carbocycles. The van der Waals surface area contributed by atoms with Crippen molar-refractivity contribution in [2.45, 2.75) is 95.9 Å². The first-order chi connectivity index (χ1) is 17.5. The zero-order valence-corrected chi connectivity index (χ0v) is 22.1. The van der Waals surface area contributed by atoms with Crippen LogP contribution in [0, 0.1) is 11.8 Å². The summed E-state index contributed by atoms with van der Waals surface area (Å²) < 4.78 is 6.94. The van der Waals surface area contributed by atoms with Crippen molar-refractivity contribution in [3.63, 3.8) is 0 Å². The molecule has 1 aliphatic heterocycles. The Kier molecular flexibility index (Phi) is 7.49. The summed E-state index contributed by atoms with van der Waals surface area (Å²) in [6, 6.07) is 9.02. The number of likely N-dealkylation sites (tertiary alicyclic amines) is 1. The highest BCUT2D eigenvalue weighted by Crippen LogP contribution is 2.43. The van der Waals surface area contributed by atoms with Crippen LogP contribution in [0.1, 0.15) is 112 Å². The van der Waals surface area contributed by atoms with E-state index in [1.54, 1.807) is 6.20 Å². The smallest absolute Gasteiger partial charge is 0.341 e. The van der Waals surface area contributed by atoms with Crippen molar-refractivity contribution in [1.29, 1.82) is 0 Å². The lowest BCUT2D eigenvalue weighted by atomic mass is 9.77. The molecule has 194 valence electrons. The first kappa shape index (κ1) is 25.0. The fraction of sp³-hybridized carbons (Fsp3) is 0.633. The first-order valence-corrected chi connectivity index (χ1v) is 14.0. The Morgan fingerprint density at radius 1 is 1.08 bits per heavy atom. The molecule has 0 bridgehead atoms. The number of amides is 1. The lowest BCUT2D eigenvalue weighted by Crippen LogP contribution is -2.41. The van der Waals surface area contributed by atoms with Gasteiger partial charge in [0.05, 0.1) is 24.7 Å². The van der Waals surface area contributed by atoms with E-state index in [1.807, 2.05) is 4.68 Å². The second-order valence-corrected chi connectivity index (χ2v) is 11.6. The van der Waals surface area contributed by atoms with Crippen LogP contribution >= 0.6 is 0 Å². The second-order valence-electron chi connectivity index (χ2n) is 11.6. The summed E-state index contributed by atoms with van der Waals surface area (Å²) in [5, 5.41) is 4.59. The summed E-state index contributed by atoms with van der Waals surface area (Å²) in [6.45, 7) is 5.48. The predicted molar refractivity (Wildman–Crippen MR) is 140 cm³/mol. The van der Waals surface area contributed by atoms with Crippen LogP contribution in [-0.2, 0) is 9.53 Å². The minimum absolute atomic E-state index is 0.129. The van der Waals surface area contributed by atoms with Crippen molar-refractivity contribution < 1.29 is 14.3 Å². The van der Waals surface area contributed by atoms with Gasteiger partial charge in [0.1, 0.15) is 5.56 Å². The molecule has 3 atom stereocenters. The molecule has 36 heavy (non-hydrogen) atoms. The topological polar surface area (TPSA) is 64.4 Å². The van der Waals surface area contributed by atoms with Gasteiger partial charge in [-0.2, -0.15) is 5.10 Å². The zero-order chi connectivity index (χ0) is 25.2. The van der Waals surface area contributed by atoms with E-state index < -0.39 is 0 Å². The maximum Gasteiger partial charge on any atom is 0.341 e. The van der Waals surface area contributed by atoms with E-state index in [1.165, 1.54) is 19.1 Å². The zero-order valence-electron chi connectivity index (χ0n) is 22.1. The Morgan fingerprint density at radius 2 is 1.92 bits per heavy atom. The van der Waals surface area contributed by atoms with E-state index in [0.717, 1.165) is 75.7 Å². The number of methoxy groups -OCH3 is 1. The number of ether oxygens (including phenoxy) is 1. The van der Waals surface area contributed by atoms with Crippen LogP contribution < -0.4 is 0 Å². The average molecular weight is 492 g/mol. The van der Waals surface area contributed by atoms with Crippen LogP contribution in [0.2, 0.25) is 0 Å². The summed E-state index contributed by atoms with van der Waals surface area (Å²) >= 11 is 0. The van der Waals surface area contributed by atoms with Crippen LogP contribution in [-0.4, -0.2) is 46.3 Å².